The van der Waals surface area contributed by atoms with Gasteiger partial charge in [-0.1, -0.05) is 41.6 Å². The number of H-pyrrole nitrogens is 3. The van der Waals surface area contributed by atoms with Crippen LogP contribution >= 0.6 is 11.8 Å². The molecule has 2 heterocycles. The molecule has 0 radical (unpaired) electrons. The summed E-state index contributed by atoms with van der Waals surface area (Å²) in [6.07, 6.45) is 0. The lowest BCUT2D eigenvalue weighted by atomic mass is 10.1. The maximum Gasteiger partial charge on any atom is 0.323 e. The van der Waals surface area contributed by atoms with E-state index in [4.69, 9.17) is 0 Å². The van der Waals surface area contributed by atoms with E-state index < -0.39 is 5.25 Å². The van der Waals surface area contributed by atoms with Crippen molar-refractivity contribution in [1.82, 2.24) is 25.1 Å². The van der Waals surface area contributed by atoms with Gasteiger partial charge >= 0.3 is 5.69 Å². The second-order valence-electron chi connectivity index (χ2n) is 6.42. The Kier molecular flexibility index (Phi) is 4.74. The first kappa shape index (κ1) is 18.1. The number of rotatable bonds is 5. The lowest BCUT2D eigenvalue weighted by Crippen LogP contribution is -2.22. The van der Waals surface area contributed by atoms with E-state index in [1.54, 1.807) is 25.1 Å². The minimum atomic E-state index is -0.400. The average molecular weight is 394 g/mol. The van der Waals surface area contributed by atoms with Crippen LogP contribution in [0.4, 0.5) is 5.69 Å². The Morgan fingerprint density at radius 1 is 1.11 bits per heavy atom. The third-order valence-corrected chi connectivity index (χ3v) is 5.19. The number of aromatic nitrogens is 5. The highest BCUT2D eigenvalue weighted by molar-refractivity contribution is 8.00. The van der Waals surface area contributed by atoms with Crippen molar-refractivity contribution in [3.63, 3.8) is 0 Å². The van der Waals surface area contributed by atoms with Gasteiger partial charge in [-0.15, -0.1) is 5.10 Å². The summed E-state index contributed by atoms with van der Waals surface area (Å²) < 4.78 is 0. The number of imidazole rings is 1. The van der Waals surface area contributed by atoms with E-state index in [0.717, 1.165) is 5.56 Å². The smallest absolute Gasteiger partial charge is 0.323 e. The summed E-state index contributed by atoms with van der Waals surface area (Å²) in [7, 11) is 0. The highest BCUT2D eigenvalue weighted by atomic mass is 32.2. The van der Waals surface area contributed by atoms with Crippen molar-refractivity contribution in [2.75, 3.05) is 5.32 Å². The molecule has 4 rings (SSSR count). The summed E-state index contributed by atoms with van der Waals surface area (Å²) in [6, 6.07) is 13.2. The molecule has 1 unspecified atom stereocenters. The Balaban J connectivity index is 1.42. The predicted molar refractivity (Wildman–Crippen MR) is 109 cm³/mol. The number of aromatic amines is 3. The lowest BCUT2D eigenvalue weighted by molar-refractivity contribution is -0.115. The van der Waals surface area contributed by atoms with E-state index in [1.165, 1.54) is 17.3 Å². The molecule has 9 heteroatoms. The molecule has 142 valence electrons. The van der Waals surface area contributed by atoms with Gasteiger partial charge in [0, 0.05) is 11.3 Å². The third-order valence-electron chi connectivity index (χ3n) is 4.22. The fourth-order valence-corrected chi connectivity index (χ4v) is 3.43. The SMILES string of the molecule is Cc1ccc(-c2nc(SC(C)C(=O)Nc3ccc4[nH]c(=O)[nH]c4c3)n[nH]2)cc1. The van der Waals surface area contributed by atoms with Crippen LogP contribution in [0.1, 0.15) is 12.5 Å². The first-order chi connectivity index (χ1) is 13.5. The highest BCUT2D eigenvalue weighted by Crippen LogP contribution is 2.24. The van der Waals surface area contributed by atoms with Crippen molar-refractivity contribution in [2.24, 2.45) is 0 Å². The summed E-state index contributed by atoms with van der Waals surface area (Å²) >= 11 is 1.27. The summed E-state index contributed by atoms with van der Waals surface area (Å²) in [5.41, 5.74) is 3.77. The molecule has 0 aliphatic carbocycles. The van der Waals surface area contributed by atoms with Crippen LogP contribution in [0.3, 0.4) is 0 Å². The van der Waals surface area contributed by atoms with Crippen LogP contribution < -0.4 is 11.0 Å². The number of carbonyl (C=O) groups excluding carboxylic acids is 1. The molecule has 0 saturated heterocycles. The Bertz CT molecular complexity index is 1190. The highest BCUT2D eigenvalue weighted by Gasteiger charge is 2.18. The largest absolute Gasteiger partial charge is 0.325 e. The fraction of sp³-hybridized carbons (Fsp3) is 0.158. The number of benzene rings is 2. The van der Waals surface area contributed by atoms with Crippen molar-refractivity contribution < 1.29 is 4.79 Å². The van der Waals surface area contributed by atoms with Crippen molar-refractivity contribution in [3.8, 4) is 11.4 Å². The molecule has 0 fully saturated rings. The van der Waals surface area contributed by atoms with E-state index in [9.17, 15) is 9.59 Å². The molecular weight excluding hydrogens is 376 g/mol. The molecule has 0 spiro atoms. The molecule has 0 saturated carbocycles. The Labute approximate surface area is 164 Å². The van der Waals surface area contributed by atoms with E-state index in [0.29, 0.717) is 27.7 Å². The van der Waals surface area contributed by atoms with Crippen LogP contribution in [-0.4, -0.2) is 36.3 Å². The number of nitrogens with zero attached hydrogens (tertiary/aromatic N) is 2. The van der Waals surface area contributed by atoms with Gasteiger partial charge in [0.05, 0.1) is 16.3 Å². The van der Waals surface area contributed by atoms with Gasteiger partial charge in [0.2, 0.25) is 11.1 Å². The second-order valence-corrected chi connectivity index (χ2v) is 7.73. The molecule has 1 amide bonds. The fourth-order valence-electron chi connectivity index (χ4n) is 2.71. The van der Waals surface area contributed by atoms with Crippen LogP contribution in [0.2, 0.25) is 0 Å². The van der Waals surface area contributed by atoms with Gasteiger partial charge in [-0.2, -0.15) is 0 Å². The summed E-state index contributed by atoms with van der Waals surface area (Å²) in [5.74, 6) is 0.487. The molecule has 28 heavy (non-hydrogen) atoms. The van der Waals surface area contributed by atoms with Gasteiger partial charge in [0.15, 0.2) is 5.82 Å². The zero-order valence-corrected chi connectivity index (χ0v) is 16.1. The summed E-state index contributed by atoms with van der Waals surface area (Å²) in [4.78, 5) is 33.6. The van der Waals surface area contributed by atoms with Gasteiger partial charge in [0.25, 0.3) is 0 Å². The van der Waals surface area contributed by atoms with Gasteiger partial charge in [-0.25, -0.2) is 9.78 Å². The van der Waals surface area contributed by atoms with Gasteiger partial charge in [-0.05, 0) is 32.0 Å². The number of hydrogen-bond acceptors (Lipinski definition) is 5. The topological polar surface area (TPSA) is 119 Å². The zero-order valence-electron chi connectivity index (χ0n) is 15.2. The number of thioether (sulfide) groups is 1. The number of anilines is 1. The van der Waals surface area contributed by atoms with Crippen LogP contribution in [0.15, 0.2) is 52.4 Å². The number of nitrogens with one attached hydrogen (secondary N) is 4. The monoisotopic (exact) mass is 394 g/mol. The van der Waals surface area contributed by atoms with Crippen LogP contribution in [-0.2, 0) is 4.79 Å². The zero-order chi connectivity index (χ0) is 19.7. The second kappa shape index (κ2) is 7.35. The average Bonchev–Trinajstić information content (AvgIpc) is 3.27. The first-order valence-electron chi connectivity index (χ1n) is 8.67. The number of aryl methyl sites for hydroxylation is 1. The van der Waals surface area contributed by atoms with E-state index >= 15 is 0 Å². The van der Waals surface area contributed by atoms with Gasteiger partial charge < -0.3 is 15.3 Å². The Hall–Kier alpha value is -3.33. The van der Waals surface area contributed by atoms with E-state index in [1.807, 2.05) is 31.2 Å². The third kappa shape index (κ3) is 3.84. The number of hydrogen-bond donors (Lipinski definition) is 4. The molecule has 2 aromatic carbocycles. The molecule has 1 atom stereocenters. The van der Waals surface area contributed by atoms with Crippen molar-refractivity contribution in [1.29, 1.82) is 0 Å². The van der Waals surface area contributed by atoms with Crippen molar-refractivity contribution in [3.05, 3.63) is 58.5 Å². The van der Waals surface area contributed by atoms with Crippen LogP contribution in [0.25, 0.3) is 22.4 Å². The first-order valence-corrected chi connectivity index (χ1v) is 9.55. The lowest BCUT2D eigenvalue weighted by Gasteiger charge is -2.10. The Morgan fingerprint density at radius 3 is 2.64 bits per heavy atom. The molecule has 0 bridgehead atoms. The number of carbonyl (C=O) groups is 1. The maximum absolute atomic E-state index is 12.5. The van der Waals surface area contributed by atoms with Crippen LogP contribution in [0, 0.1) is 6.92 Å². The molecule has 0 aliphatic rings. The molecule has 2 aromatic heterocycles. The van der Waals surface area contributed by atoms with Crippen LogP contribution in [0.5, 0.6) is 0 Å². The molecule has 8 nitrogen and oxygen atoms in total. The maximum atomic E-state index is 12.5. The van der Waals surface area contributed by atoms with Gasteiger partial charge in [0.1, 0.15) is 0 Å². The number of fused-ring (bicyclic) bond motifs is 1. The van der Waals surface area contributed by atoms with E-state index in [2.05, 4.69) is 30.5 Å². The van der Waals surface area contributed by atoms with E-state index in [-0.39, 0.29) is 11.6 Å². The van der Waals surface area contributed by atoms with Crippen molar-refractivity contribution >= 4 is 34.4 Å². The summed E-state index contributed by atoms with van der Waals surface area (Å²) in [6.45, 7) is 3.82. The molecule has 0 aliphatic heterocycles. The van der Waals surface area contributed by atoms with Gasteiger partial charge in [-0.3, -0.25) is 9.89 Å². The standard InChI is InChI=1S/C19H18N6O2S/c1-10-3-5-12(6-4-10)16-23-19(25-24-16)28-11(2)17(26)20-13-7-8-14-15(9-13)22-18(27)21-14/h3-9,11H,1-2H3,(H,20,26)(H2,21,22,27)(H,23,24,25). The normalized spacial score (nSPS) is 12.2. The quantitative estimate of drug-likeness (QED) is 0.388. The predicted octanol–water partition coefficient (Wildman–Crippen LogP) is 3.07. The van der Waals surface area contributed by atoms with Crippen molar-refractivity contribution in [2.45, 2.75) is 24.3 Å². The number of amides is 1. The minimum absolute atomic E-state index is 0.177. The Morgan fingerprint density at radius 2 is 1.86 bits per heavy atom. The molecular formula is C19H18N6O2S. The molecule has 4 aromatic rings. The minimum Gasteiger partial charge on any atom is -0.325 e. The molecule has 4 N–H and O–H groups in total. The summed E-state index contributed by atoms with van der Waals surface area (Å²) in [5, 5.41) is 10.0.